The summed E-state index contributed by atoms with van der Waals surface area (Å²) >= 11 is 0. The van der Waals surface area contributed by atoms with Crippen LogP contribution in [0.1, 0.15) is 60.0 Å². The number of anilines is 1. The van der Waals surface area contributed by atoms with Crippen molar-refractivity contribution in [2.75, 3.05) is 11.9 Å². The van der Waals surface area contributed by atoms with E-state index in [1.165, 1.54) is 31.4 Å². The summed E-state index contributed by atoms with van der Waals surface area (Å²) in [6, 6.07) is 12.2. The molecule has 2 fully saturated rings. The number of nitrogens with one attached hydrogen (secondary N) is 1. The molecule has 0 radical (unpaired) electrons. The van der Waals surface area contributed by atoms with Crippen LogP contribution in [0.3, 0.4) is 0 Å². The minimum absolute atomic E-state index is 0.214. The number of aromatic nitrogens is 3. The number of fused-ring (bicyclic) bond motifs is 1. The van der Waals surface area contributed by atoms with E-state index >= 15 is 0 Å². The van der Waals surface area contributed by atoms with E-state index in [0.717, 1.165) is 53.0 Å². The Kier molecular flexibility index (Phi) is 6.14. The molecule has 0 bridgehead atoms. The average Bonchev–Trinajstić information content (AvgIpc) is 3.55. The Hall–Kier alpha value is -3.74. The number of rotatable bonds is 9. The highest BCUT2D eigenvalue weighted by Gasteiger charge is 2.26. The Morgan fingerprint density at radius 3 is 2.62 bits per heavy atom. The molecule has 0 aliphatic heterocycles. The second-order valence-electron chi connectivity index (χ2n) is 10.6. The fourth-order valence-electron chi connectivity index (χ4n) is 4.90. The molecule has 6 nitrogen and oxygen atoms in total. The van der Waals surface area contributed by atoms with Gasteiger partial charge in [-0.05, 0) is 74.6 Å². The molecule has 2 aromatic carbocycles. The van der Waals surface area contributed by atoms with Crippen LogP contribution in [0, 0.1) is 31.5 Å². The zero-order valence-electron chi connectivity index (χ0n) is 21.3. The number of hydrogen-bond acceptors (Lipinski definition) is 5. The van der Waals surface area contributed by atoms with E-state index < -0.39 is 0 Å². The Morgan fingerprint density at radius 2 is 1.89 bits per heavy atom. The lowest BCUT2D eigenvalue weighted by molar-refractivity contribution is 0.0975. The molecule has 4 aromatic rings. The molecule has 0 saturated heterocycles. The highest BCUT2D eigenvalue weighted by molar-refractivity contribution is 5.98. The maximum Gasteiger partial charge on any atom is 0.239 e. The molecule has 2 saturated carbocycles. The van der Waals surface area contributed by atoms with E-state index in [9.17, 15) is 9.18 Å². The number of imidazole rings is 1. The van der Waals surface area contributed by atoms with Crippen LogP contribution in [0.4, 0.5) is 10.1 Å². The van der Waals surface area contributed by atoms with E-state index in [-0.39, 0.29) is 11.6 Å². The van der Waals surface area contributed by atoms with E-state index in [2.05, 4.69) is 10.3 Å². The van der Waals surface area contributed by atoms with Crippen LogP contribution >= 0.6 is 0 Å². The smallest absolute Gasteiger partial charge is 0.239 e. The molecule has 190 valence electrons. The van der Waals surface area contributed by atoms with E-state index in [0.29, 0.717) is 35.5 Å². The van der Waals surface area contributed by atoms with Crippen LogP contribution in [0.25, 0.3) is 16.9 Å². The highest BCUT2D eigenvalue weighted by Crippen LogP contribution is 2.35. The van der Waals surface area contributed by atoms with Crippen LogP contribution in [0.2, 0.25) is 0 Å². The van der Waals surface area contributed by atoms with Crippen molar-refractivity contribution in [3.05, 3.63) is 71.2 Å². The van der Waals surface area contributed by atoms with E-state index in [1.807, 2.05) is 38.1 Å². The van der Waals surface area contributed by atoms with Gasteiger partial charge in [-0.2, -0.15) is 0 Å². The molecular weight excluding hydrogens is 467 g/mol. The standard InChI is InChI=1S/C30H31FN4O2/c1-18-6-10-23(31)14-28(18)37-29-15-25(32-16-21-4-3-5-21)30-33-17-26(35(30)34-29)22-9-11-24(19(2)12-22)27(36)13-20-7-8-20/h6,9-12,14-15,17,20-21,32H,3-5,7-8,13,16H2,1-2H3. The summed E-state index contributed by atoms with van der Waals surface area (Å²) in [5, 5.41) is 8.28. The molecule has 6 rings (SSSR count). The lowest BCUT2D eigenvalue weighted by Gasteiger charge is -2.26. The summed E-state index contributed by atoms with van der Waals surface area (Å²) in [7, 11) is 0. The van der Waals surface area contributed by atoms with Gasteiger partial charge in [-0.1, -0.05) is 24.6 Å². The molecule has 2 aliphatic rings. The SMILES string of the molecule is Cc1ccc(F)cc1Oc1cc(NCC2CCC2)c2ncc(-c3ccc(C(=O)CC4CC4)c(C)c3)n2n1. The summed E-state index contributed by atoms with van der Waals surface area (Å²) in [5.41, 5.74) is 5.79. The van der Waals surface area contributed by atoms with Gasteiger partial charge < -0.3 is 10.1 Å². The molecular formula is C30H31FN4O2. The molecule has 7 heteroatoms. The number of nitrogens with zero attached hydrogens (tertiary/aromatic N) is 3. The maximum atomic E-state index is 13.9. The quantitative estimate of drug-likeness (QED) is 0.248. The molecule has 0 amide bonds. The van der Waals surface area contributed by atoms with Gasteiger partial charge in [0.2, 0.25) is 5.88 Å². The number of hydrogen-bond donors (Lipinski definition) is 1. The van der Waals surface area contributed by atoms with Gasteiger partial charge in [0.25, 0.3) is 0 Å². The normalized spacial score (nSPS) is 15.5. The Labute approximate surface area is 215 Å². The predicted octanol–water partition coefficient (Wildman–Crippen LogP) is 7.14. The molecule has 0 unspecified atom stereocenters. The van der Waals surface area contributed by atoms with Crippen molar-refractivity contribution in [3.8, 4) is 22.9 Å². The lowest BCUT2D eigenvalue weighted by Crippen LogP contribution is -2.21. The number of carbonyl (C=O) groups excluding carboxylic acids is 1. The second-order valence-corrected chi connectivity index (χ2v) is 10.6. The van der Waals surface area contributed by atoms with Gasteiger partial charge in [0.05, 0.1) is 17.6 Å². The van der Waals surface area contributed by atoms with Crippen molar-refractivity contribution < 1.29 is 13.9 Å². The molecule has 0 spiro atoms. The molecule has 37 heavy (non-hydrogen) atoms. The van der Waals surface area contributed by atoms with Gasteiger partial charge in [-0.25, -0.2) is 13.9 Å². The largest absolute Gasteiger partial charge is 0.437 e. The van der Waals surface area contributed by atoms with Gasteiger partial charge in [0, 0.05) is 36.2 Å². The van der Waals surface area contributed by atoms with Gasteiger partial charge in [-0.15, -0.1) is 5.10 Å². The van der Waals surface area contributed by atoms with Gasteiger partial charge in [-0.3, -0.25) is 4.79 Å². The van der Waals surface area contributed by atoms with Crippen molar-refractivity contribution in [1.82, 2.24) is 14.6 Å². The molecule has 1 N–H and O–H groups in total. The minimum atomic E-state index is -0.361. The number of benzene rings is 2. The number of ether oxygens (including phenoxy) is 1. The van der Waals surface area contributed by atoms with Crippen molar-refractivity contribution in [3.63, 3.8) is 0 Å². The molecule has 2 aliphatic carbocycles. The zero-order valence-corrected chi connectivity index (χ0v) is 21.3. The minimum Gasteiger partial charge on any atom is -0.437 e. The first kappa shape index (κ1) is 23.6. The van der Waals surface area contributed by atoms with Crippen LogP contribution in [-0.2, 0) is 0 Å². The summed E-state index contributed by atoms with van der Waals surface area (Å²) in [6.07, 6.45) is 8.48. The van der Waals surface area contributed by atoms with Crippen molar-refractivity contribution in [1.29, 1.82) is 0 Å². The summed E-state index contributed by atoms with van der Waals surface area (Å²) in [4.78, 5) is 17.4. The molecule has 2 heterocycles. The number of carbonyl (C=O) groups is 1. The first-order chi connectivity index (χ1) is 17.9. The predicted molar refractivity (Wildman–Crippen MR) is 142 cm³/mol. The number of halogens is 1. The molecule has 2 aromatic heterocycles. The van der Waals surface area contributed by atoms with Crippen LogP contribution in [-0.4, -0.2) is 26.9 Å². The Balaban J connectivity index is 1.37. The van der Waals surface area contributed by atoms with Gasteiger partial charge in [0.1, 0.15) is 11.6 Å². The van der Waals surface area contributed by atoms with E-state index in [4.69, 9.17) is 9.84 Å². The van der Waals surface area contributed by atoms with Gasteiger partial charge in [0.15, 0.2) is 11.4 Å². The Bertz CT molecular complexity index is 1490. The van der Waals surface area contributed by atoms with Crippen LogP contribution in [0.15, 0.2) is 48.7 Å². The highest BCUT2D eigenvalue weighted by atomic mass is 19.1. The summed E-state index contributed by atoms with van der Waals surface area (Å²) in [6.45, 7) is 4.71. The average molecular weight is 499 g/mol. The molecule has 0 atom stereocenters. The summed E-state index contributed by atoms with van der Waals surface area (Å²) in [5.74, 6) is 1.84. The van der Waals surface area contributed by atoms with Crippen molar-refractivity contribution in [2.45, 2.75) is 52.4 Å². The third-order valence-corrected chi connectivity index (χ3v) is 7.61. The third-order valence-electron chi connectivity index (χ3n) is 7.61. The number of Topliss-reactive ketones (excluding diaryl/α,β-unsaturated/α-hetero) is 1. The fourth-order valence-corrected chi connectivity index (χ4v) is 4.90. The topological polar surface area (TPSA) is 68.5 Å². The Morgan fingerprint density at radius 1 is 1.05 bits per heavy atom. The third kappa shape index (κ3) is 4.95. The maximum absolute atomic E-state index is 13.9. The first-order valence-electron chi connectivity index (χ1n) is 13.2. The van der Waals surface area contributed by atoms with Crippen molar-refractivity contribution >= 4 is 17.1 Å². The van der Waals surface area contributed by atoms with E-state index in [1.54, 1.807) is 16.8 Å². The monoisotopic (exact) mass is 498 g/mol. The number of ketones is 1. The summed E-state index contributed by atoms with van der Waals surface area (Å²) < 4.78 is 21.8. The lowest BCUT2D eigenvalue weighted by atomic mass is 9.85. The fraction of sp³-hybridized carbons (Fsp3) is 0.367. The number of aryl methyl sites for hydroxylation is 2. The first-order valence-corrected chi connectivity index (χ1v) is 13.2. The van der Waals surface area contributed by atoms with Crippen LogP contribution < -0.4 is 10.1 Å². The van der Waals surface area contributed by atoms with Gasteiger partial charge >= 0.3 is 0 Å². The van der Waals surface area contributed by atoms with Crippen molar-refractivity contribution in [2.24, 2.45) is 11.8 Å². The zero-order chi connectivity index (χ0) is 25.5. The second kappa shape index (κ2) is 9.61. The van der Waals surface area contributed by atoms with Crippen LogP contribution in [0.5, 0.6) is 11.6 Å².